The van der Waals surface area contributed by atoms with Gasteiger partial charge in [0.2, 0.25) is 23.6 Å². The van der Waals surface area contributed by atoms with E-state index in [-0.39, 0.29) is 30.2 Å². The lowest BCUT2D eigenvalue weighted by molar-refractivity contribution is -0.146. The van der Waals surface area contributed by atoms with Gasteiger partial charge in [-0.25, -0.2) is 0 Å². The fraction of sp³-hybridized carbons (Fsp3) is 0.565. The maximum absolute atomic E-state index is 13.8. The Balaban J connectivity index is 1.65. The molecule has 1 spiro atoms. The Bertz CT molecular complexity index is 1020. The molecule has 1 aliphatic carbocycles. The highest BCUT2D eigenvalue weighted by atomic mass is 16.2. The molecule has 5 rings (SSSR count). The summed E-state index contributed by atoms with van der Waals surface area (Å²) in [4.78, 5) is 54.0. The first-order valence-electron chi connectivity index (χ1n) is 11.1. The van der Waals surface area contributed by atoms with Crippen LogP contribution in [0.4, 0.5) is 5.69 Å². The monoisotopic (exact) mass is 424 g/mol. The molecule has 4 N–H and O–H groups in total. The predicted molar refractivity (Wildman–Crippen MR) is 113 cm³/mol. The number of hydrogen-bond acceptors (Lipinski definition) is 5. The van der Waals surface area contributed by atoms with E-state index >= 15 is 0 Å². The zero-order chi connectivity index (χ0) is 22.1. The molecule has 1 saturated carbocycles. The average molecular weight is 425 g/mol. The number of likely N-dealkylation sites (tertiary alicyclic amines) is 1. The topological polar surface area (TPSA) is 122 Å². The van der Waals surface area contributed by atoms with Crippen LogP contribution in [0.25, 0.3) is 0 Å². The van der Waals surface area contributed by atoms with Gasteiger partial charge in [0.25, 0.3) is 0 Å². The van der Waals surface area contributed by atoms with Crippen molar-refractivity contribution in [1.29, 1.82) is 0 Å². The summed E-state index contributed by atoms with van der Waals surface area (Å²) in [6.45, 7) is 3.89. The summed E-state index contributed by atoms with van der Waals surface area (Å²) in [7, 11) is 0. The van der Waals surface area contributed by atoms with E-state index in [1.165, 1.54) is 4.90 Å². The Morgan fingerprint density at radius 3 is 2.52 bits per heavy atom. The summed E-state index contributed by atoms with van der Waals surface area (Å²) >= 11 is 0. The van der Waals surface area contributed by atoms with Crippen molar-refractivity contribution in [1.82, 2.24) is 10.2 Å². The van der Waals surface area contributed by atoms with E-state index in [1.54, 1.807) is 0 Å². The minimum Gasteiger partial charge on any atom is -0.370 e. The van der Waals surface area contributed by atoms with Gasteiger partial charge in [0.05, 0.1) is 11.8 Å². The van der Waals surface area contributed by atoms with Gasteiger partial charge >= 0.3 is 0 Å². The molecule has 1 aromatic carbocycles. The highest BCUT2D eigenvalue weighted by Gasteiger charge is 2.71. The Morgan fingerprint density at radius 1 is 1.13 bits per heavy atom. The highest BCUT2D eigenvalue weighted by Crippen LogP contribution is 2.54. The highest BCUT2D eigenvalue weighted by molar-refractivity contribution is 6.15. The third-order valence-corrected chi connectivity index (χ3v) is 7.82. The molecule has 4 aliphatic rings. The number of carbonyl (C=O) groups excluding carboxylic acids is 4. The van der Waals surface area contributed by atoms with Gasteiger partial charge in [-0.3, -0.25) is 29.4 Å². The zero-order valence-corrected chi connectivity index (χ0v) is 17.9. The molecule has 0 radical (unpaired) electrons. The summed E-state index contributed by atoms with van der Waals surface area (Å²) in [6.07, 6.45) is 4.54. The largest absolute Gasteiger partial charge is 0.370 e. The number of nitrogens with one attached hydrogen (secondary N) is 2. The van der Waals surface area contributed by atoms with Crippen molar-refractivity contribution >= 4 is 29.3 Å². The fourth-order valence-corrected chi connectivity index (χ4v) is 6.23. The van der Waals surface area contributed by atoms with Gasteiger partial charge in [-0.2, -0.15) is 0 Å². The Labute approximate surface area is 180 Å². The van der Waals surface area contributed by atoms with Crippen LogP contribution in [0.5, 0.6) is 0 Å². The number of hydrogen-bond donors (Lipinski definition) is 3. The smallest absolute Gasteiger partial charge is 0.250 e. The summed E-state index contributed by atoms with van der Waals surface area (Å²) in [5.74, 6) is -3.15. The number of rotatable bonds is 3. The van der Waals surface area contributed by atoms with Crippen molar-refractivity contribution in [3.63, 3.8) is 0 Å². The van der Waals surface area contributed by atoms with E-state index < -0.39 is 29.3 Å². The zero-order valence-electron chi connectivity index (χ0n) is 17.9. The quantitative estimate of drug-likeness (QED) is 0.630. The van der Waals surface area contributed by atoms with Crippen LogP contribution in [0.1, 0.15) is 55.2 Å². The summed E-state index contributed by atoms with van der Waals surface area (Å²) in [6, 6.07) is 2.99. The number of anilines is 1. The van der Waals surface area contributed by atoms with E-state index in [4.69, 9.17) is 5.73 Å². The van der Waals surface area contributed by atoms with Crippen LogP contribution < -0.4 is 16.4 Å². The maximum atomic E-state index is 13.8. The summed E-state index contributed by atoms with van der Waals surface area (Å²) in [5, 5.41) is 6.21. The minimum atomic E-state index is -1.37. The van der Waals surface area contributed by atoms with Gasteiger partial charge in [-0.05, 0) is 37.8 Å². The number of imide groups is 1. The van der Waals surface area contributed by atoms with Gasteiger partial charge in [-0.1, -0.05) is 31.4 Å². The minimum absolute atomic E-state index is 0.103. The fourth-order valence-electron chi connectivity index (χ4n) is 6.23. The van der Waals surface area contributed by atoms with Crippen molar-refractivity contribution in [2.24, 2.45) is 17.6 Å². The van der Waals surface area contributed by atoms with Gasteiger partial charge in [-0.15, -0.1) is 0 Å². The van der Waals surface area contributed by atoms with Crippen molar-refractivity contribution in [2.75, 3.05) is 5.32 Å². The first-order chi connectivity index (χ1) is 14.8. The molecule has 4 atom stereocenters. The molecule has 8 nitrogen and oxygen atoms in total. The van der Waals surface area contributed by atoms with Crippen LogP contribution in [-0.4, -0.2) is 40.6 Å². The molecule has 1 aromatic rings. The average Bonchev–Trinajstić information content (AvgIpc) is 3.30. The predicted octanol–water partition coefficient (Wildman–Crippen LogP) is 1.23. The van der Waals surface area contributed by atoms with E-state index in [1.807, 2.05) is 26.0 Å². The number of primary amides is 1. The number of fused-ring (bicyclic) bond motifs is 4. The molecule has 0 aromatic heterocycles. The number of nitrogens with two attached hydrogens (primary N) is 1. The molecule has 2 saturated heterocycles. The molecular weight excluding hydrogens is 396 g/mol. The molecule has 3 aliphatic heterocycles. The van der Waals surface area contributed by atoms with Crippen LogP contribution in [0.3, 0.4) is 0 Å². The lowest BCUT2D eigenvalue weighted by atomic mass is 9.76. The standard InChI is InChI=1S/C23H28N4O4/c1-11-8-9-14-19(12(11)2)25-22(31)23(14)18-17(15(26-23)10-16(24)28)20(29)27(21(18)30)13-6-4-3-5-7-13/h8-9,13,15,17-18,26H,3-7,10H2,1-2H3,(H2,24,28)(H,25,31)/t15?,17-,18+,23?/m1/s1. The molecule has 8 heteroatoms. The number of amides is 4. The van der Waals surface area contributed by atoms with Crippen molar-refractivity contribution < 1.29 is 19.2 Å². The van der Waals surface area contributed by atoms with Crippen molar-refractivity contribution in [2.45, 2.75) is 70.0 Å². The SMILES string of the molecule is Cc1ccc2c(c1C)NC(=O)C21NC(CC(N)=O)[C@H]2C(=O)N(C3CCCCC3)C(=O)[C@H]21. The van der Waals surface area contributed by atoms with Crippen LogP contribution in [0, 0.1) is 25.7 Å². The van der Waals surface area contributed by atoms with Crippen LogP contribution in [-0.2, 0) is 24.7 Å². The molecule has 4 amide bonds. The van der Waals surface area contributed by atoms with E-state index in [2.05, 4.69) is 10.6 Å². The lowest BCUT2D eigenvalue weighted by Gasteiger charge is -2.33. The van der Waals surface area contributed by atoms with E-state index in [0.29, 0.717) is 11.3 Å². The van der Waals surface area contributed by atoms with Gasteiger partial charge in [0.1, 0.15) is 5.54 Å². The van der Waals surface area contributed by atoms with Crippen molar-refractivity contribution in [3.05, 3.63) is 28.8 Å². The van der Waals surface area contributed by atoms with Gasteiger partial charge < -0.3 is 11.1 Å². The summed E-state index contributed by atoms with van der Waals surface area (Å²) < 4.78 is 0. The lowest BCUT2D eigenvalue weighted by Crippen LogP contribution is -2.54. The Hall–Kier alpha value is -2.74. The van der Waals surface area contributed by atoms with Crippen LogP contribution in [0.2, 0.25) is 0 Å². The molecule has 3 heterocycles. The second-order valence-corrected chi connectivity index (χ2v) is 9.46. The first-order valence-corrected chi connectivity index (χ1v) is 11.1. The van der Waals surface area contributed by atoms with Crippen LogP contribution in [0.15, 0.2) is 12.1 Å². The molecule has 164 valence electrons. The van der Waals surface area contributed by atoms with E-state index in [0.717, 1.165) is 43.2 Å². The Kier molecular flexibility index (Phi) is 4.48. The number of carbonyl (C=O) groups is 4. The van der Waals surface area contributed by atoms with Gasteiger partial charge in [0.15, 0.2) is 0 Å². The molecule has 2 unspecified atom stereocenters. The molecule has 0 bridgehead atoms. The molecular formula is C23H28N4O4. The Morgan fingerprint density at radius 2 is 1.84 bits per heavy atom. The van der Waals surface area contributed by atoms with Crippen LogP contribution >= 0.6 is 0 Å². The number of benzene rings is 1. The molecule has 31 heavy (non-hydrogen) atoms. The third kappa shape index (κ3) is 2.63. The second kappa shape index (κ2) is 6.88. The first kappa shape index (κ1) is 20.2. The van der Waals surface area contributed by atoms with E-state index in [9.17, 15) is 19.2 Å². The van der Waals surface area contributed by atoms with Gasteiger partial charge in [0, 0.05) is 29.8 Å². The number of aryl methyl sites for hydroxylation is 1. The normalized spacial score (nSPS) is 32.5. The maximum Gasteiger partial charge on any atom is 0.250 e. The van der Waals surface area contributed by atoms with Crippen molar-refractivity contribution in [3.8, 4) is 0 Å². The number of nitrogens with zero attached hydrogens (tertiary/aromatic N) is 1. The molecule has 3 fully saturated rings. The summed E-state index contributed by atoms with van der Waals surface area (Å²) in [5.41, 5.74) is 7.44. The third-order valence-electron chi connectivity index (χ3n) is 7.82. The second-order valence-electron chi connectivity index (χ2n) is 9.46.